The maximum atomic E-state index is 12.8. The van der Waals surface area contributed by atoms with Gasteiger partial charge in [0, 0.05) is 25.2 Å². The maximum absolute atomic E-state index is 12.8. The number of nitrogens with one attached hydrogen (secondary N) is 1. The van der Waals surface area contributed by atoms with Gasteiger partial charge in [0.15, 0.2) is 0 Å². The van der Waals surface area contributed by atoms with Crippen molar-refractivity contribution in [2.45, 2.75) is 39.8 Å². The first-order chi connectivity index (χ1) is 13.4. The molecule has 0 radical (unpaired) electrons. The highest BCUT2D eigenvalue weighted by Gasteiger charge is 2.29. The molecule has 0 atom stereocenters. The third kappa shape index (κ3) is 4.72. The molecule has 0 saturated carbocycles. The molecule has 3 rings (SSSR count). The Morgan fingerprint density at radius 2 is 1.96 bits per heavy atom. The Bertz CT molecular complexity index is 790. The SMILES string of the molecule is Cc1noc(C)c1COc1ccccc1C(=O)NCC(C)(C)N1CCOCC1. The van der Waals surface area contributed by atoms with Crippen LogP contribution in [0.3, 0.4) is 0 Å². The Balaban J connectivity index is 1.63. The molecule has 0 spiro atoms. The van der Waals surface area contributed by atoms with E-state index >= 15 is 0 Å². The van der Waals surface area contributed by atoms with Gasteiger partial charge in [-0.25, -0.2) is 0 Å². The van der Waals surface area contributed by atoms with Crippen molar-refractivity contribution in [2.75, 3.05) is 32.8 Å². The van der Waals surface area contributed by atoms with Crippen molar-refractivity contribution >= 4 is 5.91 Å². The van der Waals surface area contributed by atoms with E-state index in [1.165, 1.54) is 0 Å². The molecule has 0 aliphatic carbocycles. The van der Waals surface area contributed by atoms with E-state index in [2.05, 4.69) is 29.2 Å². The molecule has 7 nitrogen and oxygen atoms in total. The summed E-state index contributed by atoms with van der Waals surface area (Å²) in [5, 5.41) is 7.00. The van der Waals surface area contributed by atoms with Gasteiger partial charge in [0.2, 0.25) is 0 Å². The van der Waals surface area contributed by atoms with Crippen LogP contribution >= 0.6 is 0 Å². The molecule has 0 unspecified atom stereocenters. The van der Waals surface area contributed by atoms with Gasteiger partial charge in [-0.15, -0.1) is 0 Å². The minimum atomic E-state index is -0.147. The Hall–Kier alpha value is -2.38. The fraction of sp³-hybridized carbons (Fsp3) is 0.524. The Morgan fingerprint density at radius 3 is 2.64 bits per heavy atom. The van der Waals surface area contributed by atoms with Crippen molar-refractivity contribution in [1.29, 1.82) is 0 Å². The smallest absolute Gasteiger partial charge is 0.255 e. The number of amides is 1. The predicted molar refractivity (Wildman–Crippen MR) is 106 cm³/mol. The second kappa shape index (κ2) is 8.75. The summed E-state index contributed by atoms with van der Waals surface area (Å²) < 4.78 is 16.5. The summed E-state index contributed by atoms with van der Waals surface area (Å²) in [5.41, 5.74) is 2.08. The minimum absolute atomic E-state index is 0.143. The predicted octanol–water partition coefficient (Wildman–Crippen LogP) is 2.71. The number of nitrogens with zero attached hydrogens (tertiary/aromatic N) is 2. The van der Waals surface area contributed by atoms with Crippen molar-refractivity contribution in [1.82, 2.24) is 15.4 Å². The number of ether oxygens (including phenoxy) is 2. The van der Waals surface area contributed by atoms with Gasteiger partial charge in [-0.1, -0.05) is 17.3 Å². The number of para-hydroxylation sites is 1. The number of aromatic nitrogens is 1. The van der Waals surface area contributed by atoms with Crippen molar-refractivity contribution < 1.29 is 18.8 Å². The molecule has 1 fully saturated rings. The second-order valence-electron chi connectivity index (χ2n) is 7.68. The Kier molecular flexibility index (Phi) is 6.36. The zero-order chi connectivity index (χ0) is 20.1. The molecule has 1 amide bonds. The molecule has 1 saturated heterocycles. The molecule has 1 aromatic carbocycles. The molecule has 1 N–H and O–H groups in total. The normalized spacial score (nSPS) is 15.4. The standard InChI is InChI=1S/C21H29N3O4/c1-15-18(16(2)28-23-15)13-27-19-8-6-5-7-17(19)20(25)22-14-21(3,4)24-9-11-26-12-10-24/h5-8H,9-14H2,1-4H3,(H,22,25). The molecule has 152 valence electrons. The van der Waals surface area contributed by atoms with E-state index < -0.39 is 0 Å². The molecule has 2 aromatic rings. The largest absolute Gasteiger partial charge is 0.488 e. The number of carbonyl (C=O) groups is 1. The summed E-state index contributed by atoms with van der Waals surface area (Å²) in [7, 11) is 0. The highest BCUT2D eigenvalue weighted by molar-refractivity contribution is 5.96. The van der Waals surface area contributed by atoms with E-state index in [0.717, 1.165) is 43.3 Å². The lowest BCUT2D eigenvalue weighted by Gasteiger charge is -2.40. The summed E-state index contributed by atoms with van der Waals surface area (Å²) in [6, 6.07) is 7.28. The Morgan fingerprint density at radius 1 is 1.25 bits per heavy atom. The fourth-order valence-corrected chi connectivity index (χ4v) is 3.31. The van der Waals surface area contributed by atoms with E-state index in [9.17, 15) is 4.79 Å². The van der Waals surface area contributed by atoms with E-state index in [1.807, 2.05) is 26.0 Å². The van der Waals surface area contributed by atoms with Gasteiger partial charge in [-0.05, 0) is 39.8 Å². The molecule has 28 heavy (non-hydrogen) atoms. The number of rotatable bonds is 7. The van der Waals surface area contributed by atoms with Crippen molar-refractivity contribution in [3.05, 3.63) is 46.8 Å². The van der Waals surface area contributed by atoms with E-state index in [4.69, 9.17) is 14.0 Å². The van der Waals surface area contributed by atoms with Crippen molar-refractivity contribution in [2.24, 2.45) is 0 Å². The summed E-state index contributed by atoms with van der Waals surface area (Å²) in [6.07, 6.45) is 0. The molecule has 1 aliphatic heterocycles. The van der Waals surface area contributed by atoms with Gasteiger partial charge >= 0.3 is 0 Å². The van der Waals surface area contributed by atoms with Crippen LogP contribution < -0.4 is 10.1 Å². The molecule has 7 heteroatoms. The minimum Gasteiger partial charge on any atom is -0.488 e. The summed E-state index contributed by atoms with van der Waals surface area (Å²) in [4.78, 5) is 15.2. The lowest BCUT2D eigenvalue weighted by Crippen LogP contribution is -2.55. The van der Waals surface area contributed by atoms with Crippen LogP contribution in [-0.4, -0.2) is 54.4 Å². The molecule has 1 aliphatic rings. The van der Waals surface area contributed by atoms with Crippen molar-refractivity contribution in [3.63, 3.8) is 0 Å². The molecule has 0 bridgehead atoms. The van der Waals surface area contributed by atoms with Gasteiger partial charge in [0.25, 0.3) is 5.91 Å². The van der Waals surface area contributed by atoms with Crippen LogP contribution in [0, 0.1) is 13.8 Å². The highest BCUT2D eigenvalue weighted by atomic mass is 16.5. The highest BCUT2D eigenvalue weighted by Crippen LogP contribution is 2.22. The molecular formula is C21H29N3O4. The maximum Gasteiger partial charge on any atom is 0.255 e. The molecule has 1 aromatic heterocycles. The number of morpholine rings is 1. The van der Waals surface area contributed by atoms with Gasteiger partial charge < -0.3 is 19.3 Å². The number of aryl methyl sites for hydroxylation is 2. The van der Waals surface area contributed by atoms with Gasteiger partial charge in [0.1, 0.15) is 18.1 Å². The van der Waals surface area contributed by atoms with E-state index in [0.29, 0.717) is 24.5 Å². The first kappa shape index (κ1) is 20.4. The molecular weight excluding hydrogens is 358 g/mol. The average molecular weight is 387 g/mol. The summed E-state index contributed by atoms with van der Waals surface area (Å²) in [6.45, 7) is 12.1. The van der Waals surface area contributed by atoms with Crippen LogP contribution in [0.1, 0.15) is 41.2 Å². The number of hydrogen-bond donors (Lipinski definition) is 1. The first-order valence-electron chi connectivity index (χ1n) is 9.63. The van der Waals surface area contributed by atoms with Crippen LogP contribution in [-0.2, 0) is 11.3 Å². The average Bonchev–Trinajstić information content (AvgIpc) is 3.03. The lowest BCUT2D eigenvalue weighted by molar-refractivity contribution is -0.00924. The zero-order valence-electron chi connectivity index (χ0n) is 17.1. The number of carbonyl (C=O) groups excluding carboxylic acids is 1. The molecule has 2 heterocycles. The van der Waals surface area contributed by atoms with E-state index in [1.54, 1.807) is 12.1 Å². The van der Waals surface area contributed by atoms with Gasteiger partial charge in [-0.3, -0.25) is 9.69 Å². The van der Waals surface area contributed by atoms with Crippen LogP contribution in [0.25, 0.3) is 0 Å². The van der Waals surface area contributed by atoms with Gasteiger partial charge in [0.05, 0.1) is 30.0 Å². The van der Waals surface area contributed by atoms with Gasteiger partial charge in [-0.2, -0.15) is 0 Å². The zero-order valence-corrected chi connectivity index (χ0v) is 17.1. The summed E-state index contributed by atoms with van der Waals surface area (Å²) >= 11 is 0. The third-order valence-electron chi connectivity index (χ3n) is 5.23. The van der Waals surface area contributed by atoms with Crippen LogP contribution in [0.2, 0.25) is 0 Å². The second-order valence-corrected chi connectivity index (χ2v) is 7.68. The third-order valence-corrected chi connectivity index (χ3v) is 5.23. The Labute approximate surface area is 166 Å². The first-order valence-corrected chi connectivity index (χ1v) is 9.63. The lowest BCUT2D eigenvalue weighted by atomic mass is 10.0. The number of hydrogen-bond acceptors (Lipinski definition) is 6. The number of benzene rings is 1. The van der Waals surface area contributed by atoms with Crippen LogP contribution in [0.5, 0.6) is 5.75 Å². The van der Waals surface area contributed by atoms with Crippen LogP contribution in [0.15, 0.2) is 28.8 Å². The summed E-state index contributed by atoms with van der Waals surface area (Å²) in [5.74, 6) is 1.13. The topological polar surface area (TPSA) is 76.8 Å². The monoisotopic (exact) mass is 387 g/mol. The fourth-order valence-electron chi connectivity index (χ4n) is 3.31. The van der Waals surface area contributed by atoms with Crippen LogP contribution in [0.4, 0.5) is 0 Å². The van der Waals surface area contributed by atoms with Crippen molar-refractivity contribution in [3.8, 4) is 5.75 Å². The quantitative estimate of drug-likeness (QED) is 0.787. The van der Waals surface area contributed by atoms with E-state index in [-0.39, 0.29) is 11.4 Å².